The molecule has 3 heterocycles. The Balaban J connectivity index is 1.55. The summed E-state index contributed by atoms with van der Waals surface area (Å²) >= 11 is 0. The highest BCUT2D eigenvalue weighted by Gasteiger charge is 2.42. The van der Waals surface area contributed by atoms with Gasteiger partial charge in [-0.2, -0.15) is 13.8 Å². The number of amides is 1. The number of nitrogens with zero attached hydrogens (tertiary/aromatic N) is 5. The Morgan fingerprint density at radius 1 is 1.28 bits per heavy atom. The van der Waals surface area contributed by atoms with Crippen molar-refractivity contribution in [1.29, 1.82) is 0 Å². The first-order valence-electron chi connectivity index (χ1n) is 9.27. The van der Waals surface area contributed by atoms with Crippen LogP contribution < -0.4 is 9.64 Å². The first-order valence-corrected chi connectivity index (χ1v) is 9.27. The number of aromatic nitrogens is 2. The molecule has 2 bridgehead atoms. The van der Waals surface area contributed by atoms with Crippen LogP contribution in [-0.2, 0) is 0 Å². The Labute approximate surface area is 166 Å². The van der Waals surface area contributed by atoms with E-state index < -0.39 is 6.61 Å². The molecule has 2 atom stereocenters. The summed E-state index contributed by atoms with van der Waals surface area (Å²) in [6.07, 6.45) is 0.892. The molecule has 1 amide bonds. The van der Waals surface area contributed by atoms with Gasteiger partial charge in [0.25, 0.3) is 11.7 Å². The summed E-state index contributed by atoms with van der Waals surface area (Å²) in [4.78, 5) is 28.9. The van der Waals surface area contributed by atoms with E-state index in [0.717, 1.165) is 6.42 Å². The third kappa shape index (κ3) is 3.83. The summed E-state index contributed by atoms with van der Waals surface area (Å²) in [5, 5.41) is 0. The lowest BCUT2D eigenvalue weighted by atomic mass is 9.99. The zero-order valence-corrected chi connectivity index (χ0v) is 15.8. The number of ether oxygens (including phenoxy) is 1. The lowest BCUT2D eigenvalue weighted by molar-refractivity contribution is -0.0503. The number of carbonyl (C=O) groups is 1. The molecule has 29 heavy (non-hydrogen) atoms. The van der Waals surface area contributed by atoms with Gasteiger partial charge in [-0.15, -0.1) is 0 Å². The van der Waals surface area contributed by atoms with Crippen molar-refractivity contribution in [2.75, 3.05) is 24.5 Å². The largest absolute Gasteiger partial charge is 0.434 e. The number of alkyl halides is 2. The number of anilines is 1. The number of para-hydroxylation sites is 1. The molecule has 2 aliphatic heterocycles. The molecule has 0 aliphatic carbocycles. The maximum absolute atomic E-state index is 13.0. The number of piperidine rings is 1. The maximum atomic E-state index is 13.0. The second-order valence-electron chi connectivity index (χ2n) is 7.27. The number of hydrogen-bond donors (Lipinski definition) is 0. The van der Waals surface area contributed by atoms with Crippen molar-refractivity contribution in [3.8, 4) is 5.75 Å². The van der Waals surface area contributed by atoms with E-state index >= 15 is 0 Å². The minimum absolute atomic E-state index is 0.0151. The van der Waals surface area contributed by atoms with E-state index in [1.807, 2.05) is 11.8 Å². The first kappa shape index (κ1) is 19.1. The van der Waals surface area contributed by atoms with Gasteiger partial charge in [-0.3, -0.25) is 4.79 Å². The van der Waals surface area contributed by atoms with E-state index in [1.165, 1.54) is 12.1 Å². The highest BCUT2D eigenvalue weighted by Crippen LogP contribution is 2.34. The van der Waals surface area contributed by atoms with Crippen LogP contribution in [0.1, 0.15) is 22.5 Å². The summed E-state index contributed by atoms with van der Waals surface area (Å²) in [7, 11) is 0. The fraction of sp³-hybridized carbons (Fsp3) is 0.400. The zero-order valence-electron chi connectivity index (χ0n) is 15.8. The molecule has 0 radical (unpaired) electrons. The predicted octanol–water partition coefficient (Wildman–Crippen LogP) is 3.29. The quantitative estimate of drug-likeness (QED) is 0.739. The molecule has 0 spiro atoms. The van der Waals surface area contributed by atoms with Crippen LogP contribution in [0, 0.1) is 19.4 Å². The van der Waals surface area contributed by atoms with Crippen molar-refractivity contribution in [2.45, 2.75) is 26.0 Å². The number of hydrogen-bond acceptors (Lipinski definition) is 5. The van der Waals surface area contributed by atoms with E-state index in [-0.39, 0.29) is 29.2 Å². The molecular formula is C20H19F2N5O2. The van der Waals surface area contributed by atoms with Crippen LogP contribution in [0.2, 0.25) is 0 Å². The molecule has 0 N–H and O–H groups in total. The normalized spacial score (nSPS) is 20.7. The number of aryl methyl sites for hydroxylation is 1. The van der Waals surface area contributed by atoms with Gasteiger partial charge in [0.2, 0.25) is 0 Å². The minimum atomic E-state index is -2.99. The van der Waals surface area contributed by atoms with Crippen LogP contribution >= 0.6 is 0 Å². The van der Waals surface area contributed by atoms with Gasteiger partial charge in [0.1, 0.15) is 5.75 Å². The zero-order chi connectivity index (χ0) is 20.5. The van der Waals surface area contributed by atoms with E-state index in [0.29, 0.717) is 37.1 Å². The van der Waals surface area contributed by atoms with Crippen molar-refractivity contribution in [1.82, 2.24) is 14.9 Å². The third-order valence-corrected chi connectivity index (χ3v) is 5.23. The van der Waals surface area contributed by atoms with Crippen molar-refractivity contribution in [2.24, 2.45) is 5.92 Å². The van der Waals surface area contributed by atoms with Gasteiger partial charge in [-0.05, 0) is 37.5 Å². The summed E-state index contributed by atoms with van der Waals surface area (Å²) in [5.74, 6) is 0.566. The van der Waals surface area contributed by atoms with Crippen molar-refractivity contribution in [3.63, 3.8) is 0 Å². The Morgan fingerprint density at radius 3 is 2.83 bits per heavy atom. The Kier molecular flexibility index (Phi) is 5.01. The van der Waals surface area contributed by atoms with Crippen molar-refractivity contribution >= 4 is 17.7 Å². The standard InChI is InChI=1S/C20H19F2N5O2/c1-12-7-17(23-2)25-20(24-12)27-10-13-8-14(27)11-26(9-13)18(28)15-5-3-4-6-16(15)29-19(21)22/h3-7,13-14,19H,8-11H2,1H3. The molecule has 2 fully saturated rings. The number of likely N-dealkylation sites (tertiary alicyclic amines) is 1. The number of benzene rings is 1. The van der Waals surface area contributed by atoms with Crippen LogP contribution in [0.3, 0.4) is 0 Å². The lowest BCUT2D eigenvalue weighted by Crippen LogP contribution is -2.45. The number of rotatable bonds is 4. The molecule has 2 unspecified atom stereocenters. The van der Waals surface area contributed by atoms with Gasteiger partial charge in [-0.1, -0.05) is 23.7 Å². The van der Waals surface area contributed by atoms with Crippen LogP contribution in [0.4, 0.5) is 20.5 Å². The average Bonchev–Trinajstić information content (AvgIpc) is 3.00. The third-order valence-electron chi connectivity index (χ3n) is 5.23. The van der Waals surface area contributed by atoms with Gasteiger partial charge >= 0.3 is 12.6 Å². The minimum Gasteiger partial charge on any atom is -0.434 e. The van der Waals surface area contributed by atoms with Crippen LogP contribution in [0.15, 0.2) is 30.3 Å². The molecule has 2 aromatic rings. The monoisotopic (exact) mass is 399 g/mol. The molecular weight excluding hydrogens is 380 g/mol. The SMILES string of the molecule is [C-]#[N+]c1cc(C)nc(N2CC3CC2CN(C(=O)c2ccccc2OC(F)F)C3)n1. The molecule has 1 aromatic carbocycles. The second-order valence-corrected chi connectivity index (χ2v) is 7.27. The lowest BCUT2D eigenvalue weighted by Gasteiger charge is -2.32. The van der Waals surface area contributed by atoms with E-state index in [1.54, 1.807) is 23.1 Å². The molecule has 150 valence electrons. The van der Waals surface area contributed by atoms with Crippen molar-refractivity contribution < 1.29 is 18.3 Å². The fourth-order valence-electron chi connectivity index (χ4n) is 4.11. The van der Waals surface area contributed by atoms with E-state index in [9.17, 15) is 13.6 Å². The maximum Gasteiger partial charge on any atom is 0.387 e. The molecule has 9 heteroatoms. The molecule has 2 aliphatic rings. The molecule has 0 saturated carbocycles. The Bertz CT molecular complexity index is 978. The fourth-order valence-corrected chi connectivity index (χ4v) is 4.11. The van der Waals surface area contributed by atoms with Crippen LogP contribution in [0.5, 0.6) is 5.75 Å². The topological polar surface area (TPSA) is 62.9 Å². The number of fused-ring (bicyclic) bond motifs is 2. The smallest absolute Gasteiger partial charge is 0.387 e. The van der Waals surface area contributed by atoms with Gasteiger partial charge in [0.15, 0.2) is 0 Å². The average molecular weight is 399 g/mol. The molecule has 7 nitrogen and oxygen atoms in total. The molecule has 2 saturated heterocycles. The Hall–Kier alpha value is -3.28. The highest BCUT2D eigenvalue weighted by molar-refractivity contribution is 5.97. The first-order chi connectivity index (χ1) is 13.9. The summed E-state index contributed by atoms with van der Waals surface area (Å²) in [6.45, 7) is 7.67. The summed E-state index contributed by atoms with van der Waals surface area (Å²) in [6, 6.07) is 7.70. The Morgan fingerprint density at radius 2 is 2.07 bits per heavy atom. The van der Waals surface area contributed by atoms with Crippen LogP contribution in [-0.4, -0.2) is 53.1 Å². The van der Waals surface area contributed by atoms with Gasteiger partial charge < -0.3 is 19.4 Å². The van der Waals surface area contributed by atoms with Gasteiger partial charge in [-0.25, -0.2) is 0 Å². The van der Waals surface area contributed by atoms with Gasteiger partial charge in [0.05, 0.1) is 11.6 Å². The molecule has 1 aromatic heterocycles. The highest BCUT2D eigenvalue weighted by atomic mass is 19.3. The molecule has 4 rings (SSSR count). The second kappa shape index (κ2) is 7.62. The van der Waals surface area contributed by atoms with Gasteiger partial charge in [0, 0.05) is 25.3 Å². The number of halogens is 2. The van der Waals surface area contributed by atoms with E-state index in [4.69, 9.17) is 6.57 Å². The van der Waals surface area contributed by atoms with E-state index in [2.05, 4.69) is 19.5 Å². The number of carbonyl (C=O) groups excluding carboxylic acids is 1. The predicted molar refractivity (Wildman–Crippen MR) is 101 cm³/mol. The van der Waals surface area contributed by atoms with Crippen molar-refractivity contribution in [3.05, 3.63) is 53.0 Å². The summed E-state index contributed by atoms with van der Waals surface area (Å²) in [5.41, 5.74) is 0.844. The van der Waals surface area contributed by atoms with Crippen LogP contribution in [0.25, 0.3) is 4.85 Å². The summed E-state index contributed by atoms with van der Waals surface area (Å²) < 4.78 is 29.9.